The third-order valence-electron chi connectivity index (χ3n) is 3.24. The lowest BCUT2D eigenvalue weighted by molar-refractivity contribution is 0.256. The van der Waals surface area contributed by atoms with Crippen LogP contribution in [0.2, 0.25) is 0 Å². The zero-order chi connectivity index (χ0) is 17.0. The van der Waals surface area contributed by atoms with E-state index in [1.807, 2.05) is 11.6 Å². The molecule has 2 amide bonds. The van der Waals surface area contributed by atoms with Gasteiger partial charge in [-0.25, -0.2) is 17.9 Å². The van der Waals surface area contributed by atoms with Crippen molar-refractivity contribution < 1.29 is 17.9 Å². The van der Waals surface area contributed by atoms with Crippen LogP contribution in [0.15, 0.2) is 47.4 Å². The Morgan fingerprint density at radius 3 is 2.26 bits per heavy atom. The summed E-state index contributed by atoms with van der Waals surface area (Å²) in [4.78, 5) is 12.0. The number of hydrogen-bond acceptors (Lipinski definition) is 4. The van der Waals surface area contributed by atoms with Crippen LogP contribution in [0.4, 0.5) is 10.5 Å². The fraction of sp³-hybridized carbons (Fsp3) is 0.188. The lowest BCUT2D eigenvalue weighted by Gasteiger charge is -2.11. The number of carbonyl (C=O) groups excluding carboxylic acids is 1. The van der Waals surface area contributed by atoms with Gasteiger partial charge in [-0.05, 0) is 49.7 Å². The zero-order valence-corrected chi connectivity index (χ0v) is 13.9. The number of aryl methyl sites for hydroxylation is 2. The highest BCUT2D eigenvalue weighted by Gasteiger charge is 2.17. The molecule has 23 heavy (non-hydrogen) atoms. The lowest BCUT2D eigenvalue weighted by Crippen LogP contribution is -2.34. The van der Waals surface area contributed by atoms with Gasteiger partial charge in [0.25, 0.3) is 10.0 Å². The van der Waals surface area contributed by atoms with E-state index < -0.39 is 16.1 Å². The Kier molecular flexibility index (Phi) is 4.90. The zero-order valence-electron chi connectivity index (χ0n) is 13.1. The number of amides is 2. The summed E-state index contributed by atoms with van der Waals surface area (Å²) in [5.74, 6) is 0.653. The molecule has 0 aliphatic rings. The van der Waals surface area contributed by atoms with Crippen molar-refractivity contribution in [1.82, 2.24) is 4.72 Å². The first kappa shape index (κ1) is 16.8. The highest BCUT2D eigenvalue weighted by atomic mass is 32.2. The molecule has 0 bridgehead atoms. The number of urea groups is 1. The van der Waals surface area contributed by atoms with Crippen molar-refractivity contribution in [2.75, 3.05) is 12.4 Å². The fourth-order valence-corrected chi connectivity index (χ4v) is 2.86. The molecule has 122 valence electrons. The van der Waals surface area contributed by atoms with Crippen LogP contribution >= 0.6 is 0 Å². The van der Waals surface area contributed by atoms with Crippen molar-refractivity contribution in [1.29, 1.82) is 0 Å². The van der Waals surface area contributed by atoms with Gasteiger partial charge < -0.3 is 10.1 Å². The maximum atomic E-state index is 12.1. The van der Waals surface area contributed by atoms with Crippen molar-refractivity contribution in [2.45, 2.75) is 18.7 Å². The summed E-state index contributed by atoms with van der Waals surface area (Å²) in [6, 6.07) is 10.5. The third-order valence-corrected chi connectivity index (χ3v) is 4.59. The van der Waals surface area contributed by atoms with E-state index in [-0.39, 0.29) is 4.90 Å². The molecular formula is C16H18N2O4S. The second kappa shape index (κ2) is 6.70. The molecule has 0 saturated heterocycles. The van der Waals surface area contributed by atoms with Crippen molar-refractivity contribution in [3.8, 4) is 5.75 Å². The second-order valence-corrected chi connectivity index (χ2v) is 6.74. The number of ether oxygens (including phenoxy) is 1. The van der Waals surface area contributed by atoms with Gasteiger partial charge in [0.05, 0.1) is 12.0 Å². The Bertz CT molecular complexity index is 814. The number of hydrogen-bond donors (Lipinski definition) is 2. The smallest absolute Gasteiger partial charge is 0.333 e. The number of methoxy groups -OCH3 is 1. The largest absolute Gasteiger partial charge is 0.497 e. The average Bonchev–Trinajstić information content (AvgIpc) is 2.49. The van der Waals surface area contributed by atoms with Crippen LogP contribution < -0.4 is 14.8 Å². The number of nitrogens with one attached hydrogen (secondary N) is 2. The van der Waals surface area contributed by atoms with Crippen molar-refractivity contribution >= 4 is 21.7 Å². The van der Waals surface area contributed by atoms with Crippen molar-refractivity contribution in [2.24, 2.45) is 0 Å². The maximum Gasteiger partial charge on any atom is 0.333 e. The first-order valence-electron chi connectivity index (χ1n) is 6.87. The monoisotopic (exact) mass is 334 g/mol. The molecule has 0 atom stereocenters. The first-order chi connectivity index (χ1) is 10.8. The highest BCUT2D eigenvalue weighted by Crippen LogP contribution is 2.21. The molecule has 0 aliphatic carbocycles. The molecule has 6 nitrogen and oxygen atoms in total. The van der Waals surface area contributed by atoms with Gasteiger partial charge in [-0.1, -0.05) is 17.7 Å². The van der Waals surface area contributed by atoms with Crippen LogP contribution in [0, 0.1) is 13.8 Å². The standard InChI is InChI=1S/C16H18N2O4S/c1-11-4-7-14(8-5-11)23(20,21)18-16(19)17-15-9-6-13(22-3)10-12(15)2/h4-10H,1-3H3,(H2,17,18,19). The van der Waals surface area contributed by atoms with Crippen LogP contribution in [0.25, 0.3) is 0 Å². The van der Waals surface area contributed by atoms with E-state index in [0.29, 0.717) is 11.4 Å². The van der Waals surface area contributed by atoms with Crippen LogP contribution in [-0.4, -0.2) is 21.6 Å². The summed E-state index contributed by atoms with van der Waals surface area (Å²) in [5.41, 5.74) is 2.19. The van der Waals surface area contributed by atoms with Gasteiger partial charge in [0.1, 0.15) is 5.75 Å². The van der Waals surface area contributed by atoms with Crippen molar-refractivity contribution in [3.05, 3.63) is 53.6 Å². The topological polar surface area (TPSA) is 84.5 Å². The van der Waals surface area contributed by atoms with Gasteiger partial charge in [-0.2, -0.15) is 0 Å². The molecule has 0 aromatic heterocycles. The lowest BCUT2D eigenvalue weighted by atomic mass is 10.2. The van der Waals surface area contributed by atoms with Gasteiger partial charge in [0.15, 0.2) is 0 Å². The van der Waals surface area contributed by atoms with Crippen LogP contribution in [0.3, 0.4) is 0 Å². The molecule has 2 aromatic carbocycles. The predicted octanol–water partition coefficient (Wildman–Crippen LogP) is 2.82. The van der Waals surface area contributed by atoms with E-state index in [0.717, 1.165) is 11.1 Å². The molecule has 2 rings (SSSR count). The first-order valence-corrected chi connectivity index (χ1v) is 8.35. The number of benzene rings is 2. The van der Waals surface area contributed by atoms with Crippen LogP contribution in [-0.2, 0) is 10.0 Å². The molecule has 0 heterocycles. The van der Waals surface area contributed by atoms with Gasteiger partial charge in [-0.3, -0.25) is 0 Å². The molecule has 7 heteroatoms. The van der Waals surface area contributed by atoms with Gasteiger partial charge >= 0.3 is 6.03 Å². The van der Waals surface area contributed by atoms with Gasteiger partial charge in [-0.15, -0.1) is 0 Å². The van der Waals surface area contributed by atoms with Gasteiger partial charge in [0.2, 0.25) is 0 Å². The second-order valence-electron chi connectivity index (χ2n) is 5.05. The average molecular weight is 334 g/mol. The normalized spacial score (nSPS) is 10.9. The summed E-state index contributed by atoms with van der Waals surface area (Å²) in [6.07, 6.45) is 0. The quantitative estimate of drug-likeness (QED) is 0.900. The minimum Gasteiger partial charge on any atom is -0.497 e. The summed E-state index contributed by atoms with van der Waals surface area (Å²) >= 11 is 0. The van der Waals surface area contributed by atoms with Crippen LogP contribution in [0.5, 0.6) is 5.75 Å². The third kappa shape index (κ3) is 4.23. The molecule has 2 N–H and O–H groups in total. The molecule has 0 spiro atoms. The minimum absolute atomic E-state index is 0.0321. The van der Waals surface area contributed by atoms with E-state index in [2.05, 4.69) is 5.32 Å². The summed E-state index contributed by atoms with van der Waals surface area (Å²) in [6.45, 7) is 3.63. The van der Waals surface area contributed by atoms with Gasteiger partial charge in [0, 0.05) is 5.69 Å². The summed E-state index contributed by atoms with van der Waals surface area (Å²) in [5, 5.41) is 2.51. The molecular weight excluding hydrogens is 316 g/mol. The Labute approximate surface area is 135 Å². The van der Waals surface area contributed by atoms with E-state index >= 15 is 0 Å². The molecule has 0 saturated carbocycles. The fourth-order valence-electron chi connectivity index (χ4n) is 1.95. The number of sulfonamides is 1. The minimum atomic E-state index is -3.91. The number of anilines is 1. The highest BCUT2D eigenvalue weighted by molar-refractivity contribution is 7.90. The van der Waals surface area contributed by atoms with E-state index in [4.69, 9.17) is 4.74 Å². The predicted molar refractivity (Wildman–Crippen MR) is 88.3 cm³/mol. The summed E-state index contributed by atoms with van der Waals surface area (Å²) < 4.78 is 31.3. The Morgan fingerprint density at radius 2 is 1.70 bits per heavy atom. The SMILES string of the molecule is COc1ccc(NC(=O)NS(=O)(=O)c2ccc(C)cc2)c(C)c1. The Morgan fingerprint density at radius 1 is 1.04 bits per heavy atom. The molecule has 0 unspecified atom stereocenters. The van der Waals surface area contributed by atoms with Crippen LogP contribution in [0.1, 0.15) is 11.1 Å². The molecule has 0 aliphatic heterocycles. The Hall–Kier alpha value is -2.54. The molecule has 2 aromatic rings. The van der Waals surface area contributed by atoms with Crippen molar-refractivity contribution in [3.63, 3.8) is 0 Å². The van der Waals surface area contributed by atoms with E-state index in [1.165, 1.54) is 12.1 Å². The van der Waals surface area contributed by atoms with E-state index in [9.17, 15) is 13.2 Å². The number of carbonyl (C=O) groups is 1. The Balaban J connectivity index is 2.11. The molecule has 0 radical (unpaired) electrons. The maximum absolute atomic E-state index is 12.1. The molecule has 0 fully saturated rings. The summed E-state index contributed by atoms with van der Waals surface area (Å²) in [7, 11) is -2.36. The van der Waals surface area contributed by atoms with E-state index in [1.54, 1.807) is 44.4 Å². The number of rotatable bonds is 4.